The minimum atomic E-state index is 0.819. The maximum absolute atomic E-state index is 3.63. The number of nitrogens with zero attached hydrogens (tertiary/aromatic N) is 1. The van der Waals surface area contributed by atoms with E-state index >= 15 is 0 Å². The number of hydrogen-bond acceptors (Lipinski definition) is 1. The van der Waals surface area contributed by atoms with Gasteiger partial charge in [-0.1, -0.05) is 18.7 Å². The smallest absolute Gasteiger partial charge is 0.0362 e. The third-order valence-electron chi connectivity index (χ3n) is 0.813. The maximum atomic E-state index is 3.63. The molecular formula is C7H11N. The molecule has 0 aliphatic carbocycles. The topological polar surface area (TPSA) is 12.4 Å². The first-order valence-corrected chi connectivity index (χ1v) is 2.57. The molecule has 0 heterocycles. The Morgan fingerprint density at radius 2 is 2.38 bits per heavy atom. The van der Waals surface area contributed by atoms with Crippen molar-refractivity contribution in [1.29, 1.82) is 0 Å². The second kappa shape index (κ2) is 4.31. The number of rotatable bonds is 3. The first-order valence-electron chi connectivity index (χ1n) is 2.57. The van der Waals surface area contributed by atoms with Gasteiger partial charge in [0.2, 0.25) is 0 Å². The van der Waals surface area contributed by atoms with Crippen LogP contribution in [0.1, 0.15) is 13.3 Å². The third-order valence-corrected chi connectivity index (χ3v) is 0.813. The van der Waals surface area contributed by atoms with Crippen molar-refractivity contribution in [2.24, 2.45) is 4.99 Å². The number of aliphatic imine (C=N–C) groups is 1. The number of hydrogen-bond donors (Lipinski definition) is 0. The molecule has 0 saturated carbocycles. The van der Waals surface area contributed by atoms with E-state index in [-0.39, 0.29) is 0 Å². The molecule has 0 saturated heterocycles. The van der Waals surface area contributed by atoms with E-state index in [9.17, 15) is 0 Å². The van der Waals surface area contributed by atoms with Gasteiger partial charge in [0.25, 0.3) is 0 Å². The van der Waals surface area contributed by atoms with Crippen LogP contribution >= 0.6 is 0 Å². The lowest BCUT2D eigenvalue weighted by Gasteiger charge is -1.87. The van der Waals surface area contributed by atoms with Crippen LogP contribution in [0.3, 0.4) is 0 Å². The third kappa shape index (κ3) is 3.34. The van der Waals surface area contributed by atoms with Crippen molar-refractivity contribution in [2.75, 3.05) is 0 Å². The predicted octanol–water partition coefficient (Wildman–Crippen LogP) is 2.17. The van der Waals surface area contributed by atoms with Crippen molar-refractivity contribution >= 4 is 6.72 Å². The Hall–Kier alpha value is -0.850. The summed E-state index contributed by atoms with van der Waals surface area (Å²) in [5.74, 6) is 0. The predicted molar refractivity (Wildman–Crippen MR) is 38.1 cm³/mol. The average molecular weight is 109 g/mol. The van der Waals surface area contributed by atoms with Crippen molar-refractivity contribution in [3.8, 4) is 0 Å². The van der Waals surface area contributed by atoms with Crippen LogP contribution in [0.25, 0.3) is 0 Å². The molecule has 0 aliphatic rings. The Labute approximate surface area is 50.4 Å². The van der Waals surface area contributed by atoms with Gasteiger partial charge in [0.1, 0.15) is 0 Å². The molecule has 0 spiro atoms. The maximum Gasteiger partial charge on any atom is 0.0362 e. The van der Waals surface area contributed by atoms with Crippen molar-refractivity contribution in [1.82, 2.24) is 0 Å². The summed E-state index contributed by atoms with van der Waals surface area (Å²) in [6.07, 6.45) is 4.79. The molecule has 0 bridgehead atoms. The van der Waals surface area contributed by atoms with Gasteiger partial charge in [0.05, 0.1) is 0 Å². The molecule has 0 radical (unpaired) electrons. The summed E-state index contributed by atoms with van der Waals surface area (Å²) in [7, 11) is 0. The SMILES string of the molecule is C=NC(=C)C/C=C\C. The van der Waals surface area contributed by atoms with Gasteiger partial charge in [-0.3, -0.25) is 4.99 Å². The lowest BCUT2D eigenvalue weighted by molar-refractivity contribution is 1.18. The lowest BCUT2D eigenvalue weighted by Crippen LogP contribution is -1.67. The highest BCUT2D eigenvalue weighted by atomic mass is 14.7. The van der Waals surface area contributed by atoms with Crippen molar-refractivity contribution in [2.45, 2.75) is 13.3 Å². The minimum Gasteiger partial charge on any atom is -0.269 e. The monoisotopic (exact) mass is 109 g/mol. The van der Waals surface area contributed by atoms with Gasteiger partial charge in [0, 0.05) is 12.1 Å². The van der Waals surface area contributed by atoms with E-state index in [1.165, 1.54) is 0 Å². The highest BCUT2D eigenvalue weighted by Crippen LogP contribution is 1.97. The van der Waals surface area contributed by atoms with Gasteiger partial charge in [-0.05, 0) is 13.6 Å². The molecule has 0 aromatic carbocycles. The summed E-state index contributed by atoms with van der Waals surface area (Å²) >= 11 is 0. The summed E-state index contributed by atoms with van der Waals surface area (Å²) in [5.41, 5.74) is 0.822. The van der Waals surface area contributed by atoms with Crippen LogP contribution in [0.2, 0.25) is 0 Å². The molecule has 0 aromatic rings. The van der Waals surface area contributed by atoms with Crippen LogP contribution in [0.5, 0.6) is 0 Å². The van der Waals surface area contributed by atoms with Gasteiger partial charge in [0.15, 0.2) is 0 Å². The molecule has 0 atom stereocenters. The second-order valence-electron chi connectivity index (χ2n) is 1.50. The van der Waals surface area contributed by atoms with Crippen LogP contribution in [-0.2, 0) is 0 Å². The zero-order valence-electron chi connectivity index (χ0n) is 5.22. The first-order chi connectivity index (χ1) is 3.81. The Balaban J connectivity index is 3.39. The Morgan fingerprint density at radius 3 is 2.75 bits per heavy atom. The summed E-state index contributed by atoms with van der Waals surface area (Å²) in [5, 5.41) is 0. The van der Waals surface area contributed by atoms with Gasteiger partial charge >= 0.3 is 0 Å². The second-order valence-corrected chi connectivity index (χ2v) is 1.50. The normalized spacial score (nSPS) is 9.62. The highest BCUT2D eigenvalue weighted by molar-refractivity contribution is 5.28. The molecule has 44 valence electrons. The van der Waals surface area contributed by atoms with E-state index < -0.39 is 0 Å². The summed E-state index contributed by atoms with van der Waals surface area (Å²) < 4.78 is 0. The molecule has 1 heteroatoms. The van der Waals surface area contributed by atoms with Crippen LogP contribution in [-0.4, -0.2) is 6.72 Å². The Bertz CT molecular complexity index is 112. The quantitative estimate of drug-likeness (QED) is 0.389. The van der Waals surface area contributed by atoms with Crippen LogP contribution in [0, 0.1) is 0 Å². The lowest BCUT2D eigenvalue weighted by atomic mass is 10.3. The molecule has 0 N–H and O–H groups in total. The van der Waals surface area contributed by atoms with Gasteiger partial charge < -0.3 is 0 Å². The van der Waals surface area contributed by atoms with Crippen molar-refractivity contribution in [3.05, 3.63) is 24.4 Å². The molecule has 0 aliphatic heterocycles. The Kier molecular flexibility index (Phi) is 3.85. The van der Waals surface area contributed by atoms with Crippen LogP contribution in [0.4, 0.5) is 0 Å². The fourth-order valence-corrected chi connectivity index (χ4v) is 0.318. The van der Waals surface area contributed by atoms with E-state index in [0.29, 0.717) is 0 Å². The first kappa shape index (κ1) is 7.15. The van der Waals surface area contributed by atoms with Crippen LogP contribution < -0.4 is 0 Å². The molecule has 0 rings (SSSR count). The molecule has 0 aromatic heterocycles. The Morgan fingerprint density at radius 1 is 1.75 bits per heavy atom. The summed E-state index contributed by atoms with van der Waals surface area (Å²) in [6.45, 7) is 8.93. The fraction of sp³-hybridized carbons (Fsp3) is 0.286. The van der Waals surface area contributed by atoms with Crippen molar-refractivity contribution < 1.29 is 0 Å². The van der Waals surface area contributed by atoms with Gasteiger partial charge in [-0.25, -0.2) is 0 Å². The fourth-order valence-electron chi connectivity index (χ4n) is 0.318. The van der Waals surface area contributed by atoms with Gasteiger partial charge in [-0.15, -0.1) is 0 Å². The van der Waals surface area contributed by atoms with Gasteiger partial charge in [-0.2, -0.15) is 0 Å². The number of allylic oxidation sites excluding steroid dienone is 2. The summed E-state index contributed by atoms with van der Waals surface area (Å²) in [6, 6.07) is 0. The standard InChI is InChI=1S/C7H11N/c1-4-5-6-7(2)8-3/h4-5H,2-3,6H2,1H3/b5-4-. The average Bonchev–Trinajstić information content (AvgIpc) is 1.83. The van der Waals surface area contributed by atoms with E-state index in [1.807, 2.05) is 19.1 Å². The zero-order valence-corrected chi connectivity index (χ0v) is 5.22. The molecule has 8 heavy (non-hydrogen) atoms. The van der Waals surface area contributed by atoms with E-state index in [2.05, 4.69) is 18.3 Å². The molecule has 0 unspecified atom stereocenters. The van der Waals surface area contributed by atoms with Crippen molar-refractivity contribution in [3.63, 3.8) is 0 Å². The highest BCUT2D eigenvalue weighted by Gasteiger charge is 1.78. The molecular weight excluding hydrogens is 98.1 g/mol. The molecule has 0 fully saturated rings. The largest absolute Gasteiger partial charge is 0.269 e. The molecule has 0 amide bonds. The van der Waals surface area contributed by atoms with E-state index in [1.54, 1.807) is 0 Å². The minimum absolute atomic E-state index is 0.819. The van der Waals surface area contributed by atoms with E-state index in [4.69, 9.17) is 0 Å². The summed E-state index contributed by atoms with van der Waals surface area (Å²) in [4.78, 5) is 3.63. The molecule has 1 nitrogen and oxygen atoms in total. The zero-order chi connectivity index (χ0) is 6.41. The van der Waals surface area contributed by atoms with E-state index in [0.717, 1.165) is 12.1 Å². The van der Waals surface area contributed by atoms with Crippen LogP contribution in [0.15, 0.2) is 29.4 Å².